The number of carbonyl (C=O) groups excluding carboxylic acids is 1. The summed E-state index contributed by atoms with van der Waals surface area (Å²) < 4.78 is 0. The van der Waals surface area contributed by atoms with Crippen LogP contribution >= 0.6 is 0 Å². The molecule has 0 amide bonds. The highest BCUT2D eigenvalue weighted by atomic mass is 16.1. The summed E-state index contributed by atoms with van der Waals surface area (Å²) in [7, 11) is 0. The van der Waals surface area contributed by atoms with Gasteiger partial charge in [-0.15, -0.1) is 0 Å². The lowest BCUT2D eigenvalue weighted by atomic mass is 9.87. The third kappa shape index (κ3) is 2.41. The fourth-order valence-electron chi connectivity index (χ4n) is 3.13. The quantitative estimate of drug-likeness (QED) is 0.661. The van der Waals surface area contributed by atoms with Gasteiger partial charge in [0, 0.05) is 31.0 Å². The fraction of sp³-hybridized carbons (Fsp3) is 0.923. The van der Waals surface area contributed by atoms with Crippen LogP contribution in [0.4, 0.5) is 0 Å². The molecule has 0 radical (unpaired) electrons. The van der Waals surface area contributed by atoms with Gasteiger partial charge in [0.1, 0.15) is 5.78 Å². The molecule has 2 rings (SSSR count). The first-order chi connectivity index (χ1) is 7.18. The van der Waals surface area contributed by atoms with Crippen molar-refractivity contribution in [2.75, 3.05) is 6.54 Å². The van der Waals surface area contributed by atoms with E-state index in [1.165, 1.54) is 32.1 Å². The number of piperidine rings is 1. The zero-order chi connectivity index (χ0) is 10.8. The van der Waals surface area contributed by atoms with E-state index in [1.807, 2.05) is 0 Å². The minimum absolute atomic E-state index is 0.267. The molecule has 0 unspecified atom stereocenters. The summed E-state index contributed by atoms with van der Waals surface area (Å²) in [6.45, 7) is 5.31. The first kappa shape index (κ1) is 11.1. The number of hydrogen-bond donors (Lipinski definition) is 0. The molecule has 2 aliphatic rings. The molecule has 1 aliphatic heterocycles. The van der Waals surface area contributed by atoms with Crippen molar-refractivity contribution in [3.63, 3.8) is 0 Å². The molecule has 1 saturated carbocycles. The zero-order valence-corrected chi connectivity index (χ0v) is 10.0. The highest BCUT2D eigenvalue weighted by Crippen LogP contribution is 2.28. The molecule has 2 fully saturated rings. The smallest absolute Gasteiger partial charge is 0.138 e. The molecule has 1 aliphatic carbocycles. The Balaban J connectivity index is 1.98. The van der Waals surface area contributed by atoms with Gasteiger partial charge >= 0.3 is 0 Å². The Morgan fingerprint density at radius 3 is 2.47 bits per heavy atom. The number of rotatable bonds is 1. The van der Waals surface area contributed by atoms with E-state index in [2.05, 4.69) is 18.7 Å². The third-order valence-electron chi connectivity index (χ3n) is 4.14. The molecule has 0 N–H and O–H groups in total. The largest absolute Gasteiger partial charge is 0.299 e. The van der Waals surface area contributed by atoms with Crippen molar-refractivity contribution < 1.29 is 4.79 Å². The number of nitrogens with zero attached hydrogens (tertiary/aromatic N) is 1. The van der Waals surface area contributed by atoms with Crippen molar-refractivity contribution in [1.82, 2.24) is 4.90 Å². The van der Waals surface area contributed by atoms with Crippen LogP contribution in [-0.4, -0.2) is 29.3 Å². The Kier molecular flexibility index (Phi) is 3.45. The van der Waals surface area contributed by atoms with Crippen LogP contribution in [0.5, 0.6) is 0 Å². The number of Topliss-reactive ketones (excluding diaryl/α,β-unsaturated/α-hetero) is 1. The maximum Gasteiger partial charge on any atom is 0.138 e. The van der Waals surface area contributed by atoms with Crippen molar-refractivity contribution in [3.05, 3.63) is 0 Å². The minimum Gasteiger partial charge on any atom is -0.299 e. The molecule has 0 bridgehead atoms. The van der Waals surface area contributed by atoms with Gasteiger partial charge in [0.25, 0.3) is 0 Å². The Labute approximate surface area is 93.0 Å². The second-order valence-corrected chi connectivity index (χ2v) is 5.41. The van der Waals surface area contributed by atoms with Crippen molar-refractivity contribution in [3.8, 4) is 0 Å². The van der Waals surface area contributed by atoms with Crippen LogP contribution in [0, 0.1) is 5.92 Å². The second kappa shape index (κ2) is 4.65. The molecule has 15 heavy (non-hydrogen) atoms. The maximum atomic E-state index is 11.6. The van der Waals surface area contributed by atoms with E-state index < -0.39 is 0 Å². The van der Waals surface area contributed by atoms with E-state index in [4.69, 9.17) is 0 Å². The lowest BCUT2D eigenvalue weighted by Crippen LogP contribution is -2.51. The summed E-state index contributed by atoms with van der Waals surface area (Å²) in [5, 5.41) is 0. The van der Waals surface area contributed by atoms with Crippen LogP contribution in [0.25, 0.3) is 0 Å². The van der Waals surface area contributed by atoms with E-state index in [9.17, 15) is 4.79 Å². The number of ketones is 1. The van der Waals surface area contributed by atoms with Gasteiger partial charge in [-0.1, -0.05) is 26.2 Å². The lowest BCUT2D eigenvalue weighted by Gasteiger charge is -2.42. The Bertz CT molecular complexity index is 233. The van der Waals surface area contributed by atoms with Crippen LogP contribution < -0.4 is 0 Å². The number of likely N-dealkylation sites (tertiary alicyclic amines) is 1. The Morgan fingerprint density at radius 2 is 1.80 bits per heavy atom. The predicted molar refractivity (Wildman–Crippen MR) is 61.8 cm³/mol. The summed E-state index contributed by atoms with van der Waals surface area (Å²) in [5.41, 5.74) is 0. The Morgan fingerprint density at radius 1 is 1.13 bits per heavy atom. The first-order valence-electron chi connectivity index (χ1n) is 6.47. The molecular weight excluding hydrogens is 186 g/mol. The normalized spacial score (nSPS) is 35.7. The Hall–Kier alpha value is -0.370. The van der Waals surface area contributed by atoms with Crippen molar-refractivity contribution in [2.45, 2.75) is 64.5 Å². The second-order valence-electron chi connectivity index (χ2n) is 5.41. The molecule has 0 aromatic rings. The summed E-state index contributed by atoms with van der Waals surface area (Å²) in [6, 6.07) is 1.25. The SMILES string of the molecule is C[C@H]1CN(C2CCCCC2)[C@@H](C)CC1=O. The average molecular weight is 209 g/mol. The third-order valence-corrected chi connectivity index (χ3v) is 4.14. The average Bonchev–Trinajstić information content (AvgIpc) is 2.25. The van der Waals surface area contributed by atoms with Gasteiger partial charge in [-0.05, 0) is 19.8 Å². The van der Waals surface area contributed by atoms with Gasteiger partial charge in [0.05, 0.1) is 0 Å². The van der Waals surface area contributed by atoms with Crippen LogP contribution in [0.1, 0.15) is 52.4 Å². The van der Waals surface area contributed by atoms with Gasteiger partial charge in [-0.3, -0.25) is 9.69 Å². The van der Waals surface area contributed by atoms with Crippen molar-refractivity contribution in [1.29, 1.82) is 0 Å². The monoisotopic (exact) mass is 209 g/mol. The molecule has 0 aromatic heterocycles. The number of carbonyl (C=O) groups is 1. The number of hydrogen-bond acceptors (Lipinski definition) is 2. The zero-order valence-electron chi connectivity index (χ0n) is 10.0. The molecule has 2 heteroatoms. The van der Waals surface area contributed by atoms with Crippen molar-refractivity contribution >= 4 is 5.78 Å². The summed E-state index contributed by atoms with van der Waals surface area (Å²) in [6.07, 6.45) is 7.66. The van der Waals surface area contributed by atoms with Gasteiger partial charge in [0.2, 0.25) is 0 Å². The predicted octanol–water partition coefficient (Wildman–Crippen LogP) is 2.62. The van der Waals surface area contributed by atoms with Crippen molar-refractivity contribution in [2.24, 2.45) is 5.92 Å². The van der Waals surface area contributed by atoms with E-state index in [0.29, 0.717) is 11.8 Å². The minimum atomic E-state index is 0.267. The van der Waals surface area contributed by atoms with Gasteiger partial charge in [0.15, 0.2) is 0 Å². The first-order valence-corrected chi connectivity index (χ1v) is 6.47. The van der Waals surface area contributed by atoms with Crippen LogP contribution in [0.2, 0.25) is 0 Å². The van der Waals surface area contributed by atoms with Gasteiger partial charge in [-0.2, -0.15) is 0 Å². The standard InChI is InChI=1S/C13H23NO/c1-10-9-14(11(2)8-13(10)15)12-6-4-3-5-7-12/h10-12H,3-9H2,1-2H3/t10-,11-/m0/s1. The van der Waals surface area contributed by atoms with E-state index in [1.54, 1.807) is 0 Å². The van der Waals surface area contributed by atoms with E-state index >= 15 is 0 Å². The fourth-order valence-corrected chi connectivity index (χ4v) is 3.13. The van der Waals surface area contributed by atoms with Crippen LogP contribution in [0.15, 0.2) is 0 Å². The molecule has 2 nitrogen and oxygen atoms in total. The highest BCUT2D eigenvalue weighted by Gasteiger charge is 2.33. The molecule has 0 aromatic carbocycles. The van der Waals surface area contributed by atoms with E-state index in [-0.39, 0.29) is 5.92 Å². The van der Waals surface area contributed by atoms with E-state index in [0.717, 1.165) is 19.0 Å². The lowest BCUT2D eigenvalue weighted by molar-refractivity contribution is -0.128. The molecular formula is C13H23NO. The molecule has 1 heterocycles. The molecule has 86 valence electrons. The van der Waals surface area contributed by atoms with Crippen LogP contribution in [0.3, 0.4) is 0 Å². The maximum absolute atomic E-state index is 11.6. The topological polar surface area (TPSA) is 20.3 Å². The van der Waals surface area contributed by atoms with Crippen LogP contribution in [-0.2, 0) is 4.79 Å². The summed E-state index contributed by atoms with van der Waals surface area (Å²) >= 11 is 0. The van der Waals surface area contributed by atoms with Gasteiger partial charge in [-0.25, -0.2) is 0 Å². The highest BCUT2D eigenvalue weighted by molar-refractivity contribution is 5.82. The summed E-state index contributed by atoms with van der Waals surface area (Å²) in [5.74, 6) is 0.734. The molecule has 2 atom stereocenters. The summed E-state index contributed by atoms with van der Waals surface area (Å²) in [4.78, 5) is 14.2. The molecule has 0 spiro atoms. The van der Waals surface area contributed by atoms with Gasteiger partial charge < -0.3 is 0 Å². The molecule has 1 saturated heterocycles.